The lowest BCUT2D eigenvalue weighted by atomic mass is 10.1. The molecule has 1 N–H and O–H groups in total. The third kappa shape index (κ3) is 3.61. The number of alkyl halides is 2. The molecule has 10 heteroatoms. The van der Waals surface area contributed by atoms with Crippen LogP contribution in [0.1, 0.15) is 5.56 Å². The van der Waals surface area contributed by atoms with Gasteiger partial charge in [-0.05, 0) is 29.8 Å². The first kappa shape index (κ1) is 18.6. The predicted octanol–water partition coefficient (Wildman–Crippen LogP) is 3.01. The van der Waals surface area contributed by atoms with Crippen LogP contribution in [-0.4, -0.2) is 57.7 Å². The van der Waals surface area contributed by atoms with E-state index in [1.54, 1.807) is 23.2 Å². The SMILES string of the molecule is O=C(Nc1cnc2ccccn12)N1CCN(Cc2ccc3c(c2)OC(F)(F)O3)CC1. The predicted molar refractivity (Wildman–Crippen MR) is 104 cm³/mol. The first-order valence-electron chi connectivity index (χ1n) is 9.56. The van der Waals surface area contributed by atoms with Gasteiger partial charge in [0.15, 0.2) is 11.5 Å². The second-order valence-electron chi connectivity index (χ2n) is 7.21. The molecule has 2 aliphatic rings. The van der Waals surface area contributed by atoms with Crippen molar-refractivity contribution in [3.8, 4) is 11.5 Å². The van der Waals surface area contributed by atoms with E-state index in [-0.39, 0.29) is 17.5 Å². The summed E-state index contributed by atoms with van der Waals surface area (Å²) in [7, 11) is 0. The van der Waals surface area contributed by atoms with Crippen LogP contribution in [0.25, 0.3) is 5.65 Å². The van der Waals surface area contributed by atoms with Crippen molar-refractivity contribution in [3.63, 3.8) is 0 Å². The number of pyridine rings is 1. The Morgan fingerprint density at radius 3 is 2.73 bits per heavy atom. The third-order valence-corrected chi connectivity index (χ3v) is 5.18. The number of rotatable bonds is 3. The number of fused-ring (bicyclic) bond motifs is 2. The summed E-state index contributed by atoms with van der Waals surface area (Å²) >= 11 is 0. The van der Waals surface area contributed by atoms with Gasteiger partial charge in [-0.1, -0.05) is 12.1 Å². The molecule has 0 aliphatic carbocycles. The van der Waals surface area contributed by atoms with E-state index in [4.69, 9.17) is 0 Å². The van der Waals surface area contributed by atoms with Crippen LogP contribution < -0.4 is 14.8 Å². The molecule has 0 unspecified atom stereocenters. The summed E-state index contributed by atoms with van der Waals surface area (Å²) in [4.78, 5) is 20.8. The van der Waals surface area contributed by atoms with Gasteiger partial charge in [0.25, 0.3) is 0 Å². The number of aromatic nitrogens is 2. The molecular weight excluding hydrogens is 396 g/mol. The Morgan fingerprint density at radius 2 is 1.90 bits per heavy atom. The molecule has 5 rings (SSSR count). The molecule has 0 atom stereocenters. The molecule has 0 spiro atoms. The Bertz CT molecular complexity index is 1090. The Balaban J connectivity index is 1.16. The molecule has 0 radical (unpaired) electrons. The van der Waals surface area contributed by atoms with E-state index in [0.29, 0.717) is 38.5 Å². The van der Waals surface area contributed by atoms with E-state index in [9.17, 15) is 13.6 Å². The van der Waals surface area contributed by atoms with Gasteiger partial charge >= 0.3 is 12.3 Å². The number of amides is 2. The number of piperazine rings is 1. The highest BCUT2D eigenvalue weighted by molar-refractivity contribution is 5.88. The highest BCUT2D eigenvalue weighted by atomic mass is 19.3. The molecule has 0 bridgehead atoms. The van der Waals surface area contributed by atoms with Gasteiger partial charge < -0.3 is 14.4 Å². The van der Waals surface area contributed by atoms with Crippen molar-refractivity contribution in [2.45, 2.75) is 12.8 Å². The van der Waals surface area contributed by atoms with Crippen molar-refractivity contribution < 1.29 is 23.0 Å². The van der Waals surface area contributed by atoms with Crippen LogP contribution in [-0.2, 0) is 6.54 Å². The zero-order valence-corrected chi connectivity index (χ0v) is 15.9. The highest BCUT2D eigenvalue weighted by Crippen LogP contribution is 2.41. The number of carbonyl (C=O) groups excluding carboxylic acids is 1. The molecule has 4 heterocycles. The van der Waals surface area contributed by atoms with E-state index in [2.05, 4.69) is 24.7 Å². The standard InChI is InChI=1S/C20H19F2N5O3/c21-20(22)29-15-5-4-14(11-16(15)30-20)13-25-7-9-26(10-8-25)19(28)24-18-12-23-17-3-1-2-6-27(17)18/h1-6,11-12H,7-10,13H2,(H,24,28). The minimum Gasteiger partial charge on any atom is -0.395 e. The van der Waals surface area contributed by atoms with Crippen molar-refractivity contribution in [2.24, 2.45) is 0 Å². The zero-order valence-electron chi connectivity index (χ0n) is 15.9. The van der Waals surface area contributed by atoms with Gasteiger partial charge in [0.2, 0.25) is 0 Å². The van der Waals surface area contributed by atoms with Crippen molar-refractivity contribution in [1.82, 2.24) is 19.2 Å². The molecule has 1 fully saturated rings. The van der Waals surface area contributed by atoms with Crippen LogP contribution in [0.5, 0.6) is 11.5 Å². The van der Waals surface area contributed by atoms with Gasteiger partial charge in [0.05, 0.1) is 6.20 Å². The molecule has 1 aromatic carbocycles. The number of benzene rings is 1. The third-order valence-electron chi connectivity index (χ3n) is 5.18. The fourth-order valence-electron chi connectivity index (χ4n) is 3.67. The van der Waals surface area contributed by atoms with E-state index in [0.717, 1.165) is 11.2 Å². The summed E-state index contributed by atoms with van der Waals surface area (Å²) < 4.78 is 37.1. The topological polar surface area (TPSA) is 71.3 Å². The largest absolute Gasteiger partial charge is 0.586 e. The fourth-order valence-corrected chi connectivity index (χ4v) is 3.67. The smallest absolute Gasteiger partial charge is 0.395 e. The van der Waals surface area contributed by atoms with E-state index in [1.807, 2.05) is 28.8 Å². The molecule has 2 amide bonds. The van der Waals surface area contributed by atoms with Crippen molar-refractivity contribution in [2.75, 3.05) is 31.5 Å². The monoisotopic (exact) mass is 415 g/mol. The number of hydrogen-bond acceptors (Lipinski definition) is 5. The van der Waals surface area contributed by atoms with Gasteiger partial charge in [-0.25, -0.2) is 9.78 Å². The van der Waals surface area contributed by atoms with Crippen LogP contribution in [0, 0.1) is 0 Å². The van der Waals surface area contributed by atoms with Gasteiger partial charge in [-0.3, -0.25) is 14.6 Å². The first-order valence-corrected chi connectivity index (χ1v) is 9.56. The number of hydrogen-bond donors (Lipinski definition) is 1. The van der Waals surface area contributed by atoms with Crippen LogP contribution in [0.4, 0.5) is 19.4 Å². The Labute approximate surface area is 170 Å². The summed E-state index contributed by atoms with van der Waals surface area (Å²) in [5.41, 5.74) is 1.61. The molecule has 0 saturated carbocycles. The summed E-state index contributed by atoms with van der Waals surface area (Å²) in [6.07, 6.45) is -0.134. The summed E-state index contributed by atoms with van der Waals surface area (Å²) in [5, 5.41) is 2.90. The number of anilines is 1. The fraction of sp³-hybridized carbons (Fsp3) is 0.300. The first-order chi connectivity index (χ1) is 14.5. The van der Waals surface area contributed by atoms with Crippen LogP contribution in [0.3, 0.4) is 0 Å². The van der Waals surface area contributed by atoms with E-state index >= 15 is 0 Å². The maximum atomic E-state index is 13.2. The molecule has 1 saturated heterocycles. The average molecular weight is 415 g/mol. The Kier molecular flexibility index (Phi) is 4.43. The number of imidazole rings is 1. The summed E-state index contributed by atoms with van der Waals surface area (Å²) in [6.45, 7) is 3.04. The lowest BCUT2D eigenvalue weighted by molar-refractivity contribution is -0.286. The summed E-state index contributed by atoms with van der Waals surface area (Å²) in [6, 6.07) is 10.3. The zero-order chi connectivity index (χ0) is 20.7. The molecule has 156 valence electrons. The van der Waals surface area contributed by atoms with Crippen LogP contribution in [0.15, 0.2) is 48.8 Å². The quantitative estimate of drug-likeness (QED) is 0.712. The number of nitrogens with one attached hydrogen (secondary N) is 1. The number of urea groups is 1. The summed E-state index contributed by atoms with van der Waals surface area (Å²) in [5.74, 6) is 0.705. The van der Waals surface area contributed by atoms with Crippen molar-refractivity contribution in [1.29, 1.82) is 0 Å². The van der Waals surface area contributed by atoms with E-state index < -0.39 is 6.29 Å². The Morgan fingerprint density at radius 1 is 1.10 bits per heavy atom. The van der Waals surface area contributed by atoms with E-state index in [1.165, 1.54) is 6.07 Å². The minimum atomic E-state index is -3.61. The van der Waals surface area contributed by atoms with Gasteiger partial charge in [-0.15, -0.1) is 8.78 Å². The minimum absolute atomic E-state index is 0.0395. The maximum absolute atomic E-state index is 13.2. The lowest BCUT2D eigenvalue weighted by Gasteiger charge is -2.34. The molecule has 3 aromatic rings. The normalized spacial score (nSPS) is 18.0. The van der Waals surface area contributed by atoms with Crippen molar-refractivity contribution in [3.05, 3.63) is 54.4 Å². The van der Waals surface area contributed by atoms with Gasteiger partial charge in [0, 0.05) is 38.9 Å². The number of halogens is 2. The van der Waals surface area contributed by atoms with Gasteiger partial charge in [0.1, 0.15) is 11.5 Å². The lowest BCUT2D eigenvalue weighted by Crippen LogP contribution is -2.49. The highest BCUT2D eigenvalue weighted by Gasteiger charge is 2.43. The Hall–Kier alpha value is -3.40. The molecule has 2 aromatic heterocycles. The number of nitrogens with zero attached hydrogens (tertiary/aromatic N) is 4. The molecule has 30 heavy (non-hydrogen) atoms. The maximum Gasteiger partial charge on any atom is 0.586 e. The van der Waals surface area contributed by atoms with Crippen LogP contribution in [0.2, 0.25) is 0 Å². The van der Waals surface area contributed by atoms with Crippen LogP contribution >= 0.6 is 0 Å². The van der Waals surface area contributed by atoms with Crippen molar-refractivity contribution >= 4 is 17.5 Å². The number of carbonyl (C=O) groups is 1. The number of ether oxygens (including phenoxy) is 2. The molecule has 2 aliphatic heterocycles. The second-order valence-corrected chi connectivity index (χ2v) is 7.21. The van der Waals surface area contributed by atoms with Gasteiger partial charge in [-0.2, -0.15) is 0 Å². The second kappa shape index (κ2) is 7.13. The molecular formula is C20H19F2N5O3. The average Bonchev–Trinajstić information content (AvgIpc) is 3.27. The molecule has 8 nitrogen and oxygen atoms in total.